The van der Waals surface area contributed by atoms with Gasteiger partial charge in [-0.25, -0.2) is 9.07 Å². The SMILES string of the molecule is Fc1cccc2c1c(I)nn2C1CCCCO1. The second-order valence-corrected chi connectivity index (χ2v) is 5.21. The minimum Gasteiger partial charge on any atom is -0.356 e. The van der Waals surface area contributed by atoms with E-state index in [4.69, 9.17) is 4.74 Å². The fourth-order valence-corrected chi connectivity index (χ4v) is 3.01. The van der Waals surface area contributed by atoms with Crippen LogP contribution in [0.25, 0.3) is 10.9 Å². The number of hydrogen-bond donors (Lipinski definition) is 0. The van der Waals surface area contributed by atoms with E-state index in [1.807, 2.05) is 10.7 Å². The third-order valence-electron chi connectivity index (χ3n) is 3.07. The number of halogens is 2. The van der Waals surface area contributed by atoms with E-state index in [1.165, 1.54) is 6.07 Å². The molecule has 0 radical (unpaired) electrons. The van der Waals surface area contributed by atoms with Crippen molar-refractivity contribution in [2.24, 2.45) is 0 Å². The Balaban J connectivity index is 2.13. The Morgan fingerprint density at radius 2 is 2.29 bits per heavy atom. The van der Waals surface area contributed by atoms with Gasteiger partial charge in [0.15, 0.2) is 6.23 Å². The van der Waals surface area contributed by atoms with Gasteiger partial charge in [0.1, 0.15) is 9.52 Å². The molecule has 0 saturated carbocycles. The summed E-state index contributed by atoms with van der Waals surface area (Å²) in [5, 5.41) is 5.01. The van der Waals surface area contributed by atoms with Crippen LogP contribution in [0.1, 0.15) is 25.5 Å². The van der Waals surface area contributed by atoms with Crippen LogP contribution in [-0.4, -0.2) is 16.4 Å². The zero-order valence-corrected chi connectivity index (χ0v) is 11.4. The fourth-order valence-electron chi connectivity index (χ4n) is 2.24. The van der Waals surface area contributed by atoms with E-state index in [2.05, 4.69) is 27.7 Å². The van der Waals surface area contributed by atoms with E-state index in [-0.39, 0.29) is 12.0 Å². The van der Waals surface area contributed by atoms with Gasteiger partial charge in [0.25, 0.3) is 0 Å². The van der Waals surface area contributed by atoms with Crippen LogP contribution in [0.3, 0.4) is 0 Å². The lowest BCUT2D eigenvalue weighted by molar-refractivity contribution is -0.0368. The molecule has 17 heavy (non-hydrogen) atoms. The van der Waals surface area contributed by atoms with Gasteiger partial charge in [0.2, 0.25) is 0 Å². The summed E-state index contributed by atoms with van der Waals surface area (Å²) in [6.07, 6.45) is 3.14. The second kappa shape index (κ2) is 4.53. The van der Waals surface area contributed by atoms with Crippen molar-refractivity contribution in [3.05, 3.63) is 27.7 Å². The van der Waals surface area contributed by atoms with Crippen molar-refractivity contribution in [1.29, 1.82) is 0 Å². The Labute approximate surface area is 112 Å². The highest BCUT2D eigenvalue weighted by molar-refractivity contribution is 14.1. The molecule has 3 rings (SSSR count). The van der Waals surface area contributed by atoms with Crippen LogP contribution in [0.4, 0.5) is 4.39 Å². The predicted octanol–water partition coefficient (Wildman–Crippen LogP) is 3.48. The standard InChI is InChI=1S/C12H12FIN2O/c13-8-4-3-5-9-11(8)12(14)15-16(9)10-6-1-2-7-17-10/h3-5,10H,1-2,6-7H2. The second-order valence-electron chi connectivity index (χ2n) is 4.19. The van der Waals surface area contributed by atoms with E-state index >= 15 is 0 Å². The number of hydrogen-bond acceptors (Lipinski definition) is 2. The van der Waals surface area contributed by atoms with Crippen molar-refractivity contribution >= 4 is 33.5 Å². The van der Waals surface area contributed by atoms with Crippen LogP contribution >= 0.6 is 22.6 Å². The van der Waals surface area contributed by atoms with Gasteiger partial charge < -0.3 is 4.74 Å². The first-order valence-electron chi connectivity index (χ1n) is 5.71. The molecule has 1 aliphatic heterocycles. The Kier molecular flexibility index (Phi) is 3.04. The molecule has 1 saturated heterocycles. The van der Waals surface area contributed by atoms with Gasteiger partial charge in [-0.15, -0.1) is 0 Å². The Bertz CT molecular complexity index is 549. The third-order valence-corrected chi connectivity index (χ3v) is 3.82. The molecule has 0 N–H and O–H groups in total. The zero-order chi connectivity index (χ0) is 11.8. The third kappa shape index (κ3) is 1.95. The Hall–Kier alpha value is -0.690. The maximum atomic E-state index is 13.7. The molecule has 2 heterocycles. The summed E-state index contributed by atoms with van der Waals surface area (Å²) in [5.41, 5.74) is 0.821. The van der Waals surface area contributed by atoms with E-state index in [9.17, 15) is 4.39 Å². The molecule has 2 aromatic rings. The number of fused-ring (bicyclic) bond motifs is 1. The normalized spacial score (nSPS) is 20.9. The molecule has 90 valence electrons. The molecular formula is C12H12FIN2O. The van der Waals surface area contributed by atoms with Crippen LogP contribution < -0.4 is 0 Å². The maximum absolute atomic E-state index is 13.7. The van der Waals surface area contributed by atoms with E-state index in [1.54, 1.807) is 6.07 Å². The molecule has 3 nitrogen and oxygen atoms in total. The highest BCUT2D eigenvalue weighted by atomic mass is 127. The monoisotopic (exact) mass is 346 g/mol. The van der Waals surface area contributed by atoms with Gasteiger partial charge in [-0.2, -0.15) is 5.10 Å². The first kappa shape index (κ1) is 11.4. The largest absolute Gasteiger partial charge is 0.356 e. The summed E-state index contributed by atoms with van der Waals surface area (Å²) in [7, 11) is 0. The van der Waals surface area contributed by atoms with Crippen molar-refractivity contribution in [1.82, 2.24) is 9.78 Å². The van der Waals surface area contributed by atoms with Crippen molar-refractivity contribution in [3.63, 3.8) is 0 Å². The lowest BCUT2D eigenvalue weighted by atomic mass is 10.2. The summed E-state index contributed by atoms with van der Waals surface area (Å²) >= 11 is 2.07. The first-order valence-corrected chi connectivity index (χ1v) is 6.79. The van der Waals surface area contributed by atoms with E-state index < -0.39 is 0 Å². The molecule has 0 aliphatic carbocycles. The summed E-state index contributed by atoms with van der Waals surface area (Å²) in [4.78, 5) is 0. The van der Waals surface area contributed by atoms with E-state index in [0.717, 1.165) is 31.4 Å². The van der Waals surface area contributed by atoms with Gasteiger partial charge in [-0.3, -0.25) is 0 Å². The van der Waals surface area contributed by atoms with Crippen molar-refractivity contribution in [3.8, 4) is 0 Å². The maximum Gasteiger partial charge on any atom is 0.150 e. The molecule has 0 bridgehead atoms. The lowest BCUT2D eigenvalue weighted by Crippen LogP contribution is -2.19. The Morgan fingerprint density at radius 1 is 1.41 bits per heavy atom. The van der Waals surface area contributed by atoms with Crippen LogP contribution in [0.2, 0.25) is 0 Å². The van der Waals surface area contributed by atoms with Crippen molar-refractivity contribution in [2.75, 3.05) is 6.61 Å². The zero-order valence-electron chi connectivity index (χ0n) is 9.20. The molecule has 0 amide bonds. The molecule has 5 heteroatoms. The lowest BCUT2D eigenvalue weighted by Gasteiger charge is -2.23. The minimum absolute atomic E-state index is 0.0448. The van der Waals surface area contributed by atoms with Crippen LogP contribution in [0.15, 0.2) is 18.2 Å². The highest BCUT2D eigenvalue weighted by Gasteiger charge is 2.21. The van der Waals surface area contributed by atoms with Gasteiger partial charge in [-0.1, -0.05) is 6.07 Å². The summed E-state index contributed by atoms with van der Waals surface area (Å²) in [5.74, 6) is -0.214. The minimum atomic E-state index is -0.214. The number of ether oxygens (including phenoxy) is 1. The average Bonchev–Trinajstić information content (AvgIpc) is 2.69. The number of benzene rings is 1. The molecular weight excluding hydrogens is 334 g/mol. The van der Waals surface area contributed by atoms with Crippen molar-refractivity contribution < 1.29 is 9.13 Å². The van der Waals surface area contributed by atoms with Gasteiger partial charge >= 0.3 is 0 Å². The summed E-state index contributed by atoms with van der Waals surface area (Å²) < 4.78 is 21.9. The van der Waals surface area contributed by atoms with Gasteiger partial charge in [0.05, 0.1) is 10.9 Å². The quantitative estimate of drug-likeness (QED) is 0.740. The van der Waals surface area contributed by atoms with Crippen LogP contribution in [-0.2, 0) is 4.74 Å². The number of aromatic nitrogens is 2. The van der Waals surface area contributed by atoms with Crippen LogP contribution in [0.5, 0.6) is 0 Å². The van der Waals surface area contributed by atoms with Gasteiger partial charge in [-0.05, 0) is 54.0 Å². The first-order chi connectivity index (χ1) is 8.27. The molecule has 1 atom stereocenters. The number of rotatable bonds is 1. The average molecular weight is 346 g/mol. The smallest absolute Gasteiger partial charge is 0.150 e. The van der Waals surface area contributed by atoms with Gasteiger partial charge in [0, 0.05) is 6.61 Å². The molecule has 0 spiro atoms. The summed E-state index contributed by atoms with van der Waals surface area (Å²) in [6, 6.07) is 5.08. The molecule has 1 unspecified atom stereocenters. The highest BCUT2D eigenvalue weighted by Crippen LogP contribution is 2.29. The predicted molar refractivity (Wildman–Crippen MR) is 71.2 cm³/mol. The molecule has 1 fully saturated rings. The molecule has 1 aromatic carbocycles. The fraction of sp³-hybridized carbons (Fsp3) is 0.417. The Morgan fingerprint density at radius 3 is 3.06 bits per heavy atom. The number of nitrogens with zero attached hydrogens (tertiary/aromatic N) is 2. The molecule has 1 aliphatic rings. The molecule has 1 aromatic heterocycles. The van der Waals surface area contributed by atoms with Crippen molar-refractivity contribution in [2.45, 2.75) is 25.5 Å². The summed E-state index contributed by atoms with van der Waals surface area (Å²) in [6.45, 7) is 0.762. The topological polar surface area (TPSA) is 27.1 Å². The van der Waals surface area contributed by atoms with E-state index in [0.29, 0.717) is 9.09 Å². The van der Waals surface area contributed by atoms with Crippen LogP contribution in [0, 0.1) is 9.52 Å².